The molecular formula is C10H17NO. The molecule has 1 fully saturated rings. The number of hydrogen-bond donors (Lipinski definition) is 1. The minimum absolute atomic E-state index is 0.323. The third kappa shape index (κ3) is 1.87. The molecule has 0 aromatic heterocycles. The molecule has 0 aliphatic carbocycles. The van der Waals surface area contributed by atoms with Crippen LogP contribution in [0.1, 0.15) is 39.0 Å². The smallest absolute Gasteiger partial charge is 0.227 e. The maximum atomic E-state index is 12.0. The van der Waals surface area contributed by atoms with Gasteiger partial charge in [-0.3, -0.25) is 4.79 Å². The summed E-state index contributed by atoms with van der Waals surface area (Å²) in [6.07, 6.45) is -3.86. The number of hydrogen-bond acceptors (Lipinski definition) is 1. The Bertz CT molecular complexity index is 375. The zero-order valence-corrected chi connectivity index (χ0v) is 7.64. The summed E-state index contributed by atoms with van der Waals surface area (Å²) in [5.41, 5.74) is -1.32. The second-order valence-corrected chi connectivity index (χ2v) is 3.82. The van der Waals surface area contributed by atoms with E-state index >= 15 is 0 Å². The van der Waals surface area contributed by atoms with Gasteiger partial charge in [-0.25, -0.2) is 0 Å². The third-order valence-electron chi connectivity index (χ3n) is 1.66. The van der Waals surface area contributed by atoms with Gasteiger partial charge in [0.05, 0.1) is 0 Å². The van der Waals surface area contributed by atoms with Crippen molar-refractivity contribution in [1.82, 2.24) is 5.31 Å². The Kier molecular flexibility index (Phi) is 1.08. The first-order valence-electron chi connectivity index (χ1n) is 6.36. The predicted octanol–water partition coefficient (Wildman–Crippen LogP) is 2.07. The van der Waals surface area contributed by atoms with Crippen LogP contribution in [0.5, 0.6) is 0 Å². The Labute approximate surface area is 81.1 Å². The number of carbonyl (C=O) groups is 1. The minimum atomic E-state index is -2.26. The van der Waals surface area contributed by atoms with Gasteiger partial charge in [0.25, 0.3) is 0 Å². The molecule has 1 heterocycles. The number of allylic oxidation sites excluding steroid dienone is 1. The van der Waals surface area contributed by atoms with Crippen molar-refractivity contribution >= 4 is 5.91 Å². The average molecular weight is 172 g/mol. The summed E-state index contributed by atoms with van der Waals surface area (Å²) in [5.74, 6) is -2.90. The number of rotatable bonds is 0. The van der Waals surface area contributed by atoms with Crippen LogP contribution in [0.3, 0.4) is 0 Å². The first-order valence-corrected chi connectivity index (χ1v) is 3.83. The van der Waals surface area contributed by atoms with E-state index in [-0.39, 0.29) is 5.70 Å². The van der Waals surface area contributed by atoms with Crippen LogP contribution in [0, 0.1) is 11.3 Å². The Morgan fingerprint density at radius 3 is 2.92 bits per heavy atom. The number of piperidine rings is 1. The topological polar surface area (TPSA) is 29.1 Å². The van der Waals surface area contributed by atoms with E-state index in [2.05, 4.69) is 6.58 Å². The van der Waals surface area contributed by atoms with Crippen molar-refractivity contribution in [2.75, 3.05) is 0 Å². The van der Waals surface area contributed by atoms with Crippen molar-refractivity contribution in [1.29, 1.82) is 0 Å². The van der Waals surface area contributed by atoms with Crippen LogP contribution in [-0.4, -0.2) is 5.91 Å². The van der Waals surface area contributed by atoms with Gasteiger partial charge in [0, 0.05) is 17.1 Å². The molecule has 2 nitrogen and oxygen atoms in total. The van der Waals surface area contributed by atoms with E-state index in [0.29, 0.717) is 5.31 Å². The fourth-order valence-electron chi connectivity index (χ4n) is 0.970. The van der Waals surface area contributed by atoms with Gasteiger partial charge < -0.3 is 5.31 Å². The molecule has 0 aromatic carbocycles. The lowest BCUT2D eigenvalue weighted by Gasteiger charge is -2.33. The van der Waals surface area contributed by atoms with Crippen LogP contribution < -0.4 is 5.31 Å². The van der Waals surface area contributed by atoms with Gasteiger partial charge >= 0.3 is 0 Å². The first kappa shape index (κ1) is 4.45. The number of nitrogens with one attached hydrogen (secondary N) is 1. The predicted molar refractivity (Wildman–Crippen MR) is 49.5 cm³/mol. The SMILES string of the molecule is [2H]C1C([2H])([2H])C(=C)N([2H])C(=O)C1([2H])C(C)(C)C. The Morgan fingerprint density at radius 2 is 2.42 bits per heavy atom. The standard InChI is InChI=1S/C10H17NO/c1-7-5-6-8(9(12)11-7)10(2,3)4/h8H,1,5-6H2,2-4H3,(H,11,12)/i5D2,6D,8D/hD. The Balaban J connectivity index is 3.43. The molecule has 0 aromatic rings. The molecule has 2 heteroatoms. The van der Waals surface area contributed by atoms with Crippen molar-refractivity contribution in [3.63, 3.8) is 0 Å². The highest BCUT2D eigenvalue weighted by atomic mass is 16.2. The van der Waals surface area contributed by atoms with Gasteiger partial charge in [0.2, 0.25) is 5.91 Å². The molecule has 68 valence electrons. The molecule has 1 aliphatic heterocycles. The lowest BCUT2D eigenvalue weighted by Crippen LogP contribution is -2.41. The van der Waals surface area contributed by atoms with Crippen molar-refractivity contribution in [2.45, 2.75) is 33.5 Å². The van der Waals surface area contributed by atoms with Crippen LogP contribution in [0.25, 0.3) is 0 Å². The van der Waals surface area contributed by atoms with E-state index in [4.69, 9.17) is 6.89 Å². The van der Waals surface area contributed by atoms with Gasteiger partial charge in [-0.2, -0.15) is 0 Å². The summed E-state index contributed by atoms with van der Waals surface area (Å²) in [6, 6.07) is 0. The highest BCUT2D eigenvalue weighted by Crippen LogP contribution is 2.33. The maximum absolute atomic E-state index is 12.0. The van der Waals surface area contributed by atoms with E-state index in [1.165, 1.54) is 0 Å². The lowest BCUT2D eigenvalue weighted by molar-refractivity contribution is -0.129. The van der Waals surface area contributed by atoms with Crippen LogP contribution in [-0.2, 0) is 4.79 Å². The van der Waals surface area contributed by atoms with Gasteiger partial charge in [-0.05, 0) is 18.2 Å². The highest BCUT2D eigenvalue weighted by molar-refractivity contribution is 5.82. The average Bonchev–Trinajstić information content (AvgIpc) is 2.20. The molecule has 1 rings (SSSR count). The van der Waals surface area contributed by atoms with Crippen molar-refractivity contribution in [3.8, 4) is 0 Å². The molecule has 1 N–H and O–H groups in total. The molecule has 0 radical (unpaired) electrons. The summed E-state index contributed by atoms with van der Waals surface area (Å²) in [7, 11) is 0. The maximum Gasteiger partial charge on any atom is 0.227 e. The van der Waals surface area contributed by atoms with E-state index in [1.807, 2.05) is 0 Å². The molecular weight excluding hydrogens is 150 g/mol. The van der Waals surface area contributed by atoms with Crippen molar-refractivity contribution in [3.05, 3.63) is 12.3 Å². The monoisotopic (exact) mass is 172 g/mol. The van der Waals surface area contributed by atoms with Gasteiger partial charge in [-0.1, -0.05) is 27.4 Å². The zero-order valence-electron chi connectivity index (χ0n) is 12.6. The largest absolute Gasteiger partial charge is 0.330 e. The zero-order chi connectivity index (χ0) is 13.8. The second-order valence-electron chi connectivity index (χ2n) is 3.82. The van der Waals surface area contributed by atoms with E-state index in [1.54, 1.807) is 20.8 Å². The van der Waals surface area contributed by atoms with Crippen LogP contribution in [0.2, 0.25) is 1.41 Å². The summed E-state index contributed by atoms with van der Waals surface area (Å²) >= 11 is 0. The quantitative estimate of drug-likeness (QED) is 0.595. The molecule has 1 saturated heterocycles. The summed E-state index contributed by atoms with van der Waals surface area (Å²) in [5, 5.41) is 0.323. The second kappa shape index (κ2) is 2.92. The normalized spacial score (nSPS) is 48.8. The van der Waals surface area contributed by atoms with E-state index in [0.717, 1.165) is 0 Å². The molecule has 2 atom stereocenters. The Hall–Kier alpha value is -0.790. The van der Waals surface area contributed by atoms with Crippen LogP contribution in [0.4, 0.5) is 0 Å². The molecule has 0 bridgehead atoms. The van der Waals surface area contributed by atoms with Gasteiger partial charge in [0.15, 0.2) is 1.41 Å². The summed E-state index contributed by atoms with van der Waals surface area (Å²) in [6.45, 7) is 8.12. The first-order chi connectivity index (χ1) is 7.38. The fraction of sp³-hybridized carbons (Fsp3) is 0.700. The van der Waals surface area contributed by atoms with Crippen molar-refractivity contribution < 1.29 is 11.7 Å². The third-order valence-corrected chi connectivity index (χ3v) is 1.66. The molecule has 1 aliphatic rings. The van der Waals surface area contributed by atoms with Gasteiger partial charge in [-0.15, -0.1) is 0 Å². The van der Waals surface area contributed by atoms with Crippen LogP contribution in [0.15, 0.2) is 12.3 Å². The molecule has 0 spiro atoms. The fourth-order valence-corrected chi connectivity index (χ4v) is 0.970. The molecule has 2 unspecified atom stereocenters. The lowest BCUT2D eigenvalue weighted by atomic mass is 9.76. The molecule has 12 heavy (non-hydrogen) atoms. The summed E-state index contributed by atoms with van der Waals surface area (Å²) < 4.78 is 39.0. The highest BCUT2D eigenvalue weighted by Gasteiger charge is 2.33. The minimum Gasteiger partial charge on any atom is -0.330 e. The van der Waals surface area contributed by atoms with E-state index < -0.39 is 30.0 Å². The summed E-state index contributed by atoms with van der Waals surface area (Å²) in [4.78, 5) is 12.0. The van der Waals surface area contributed by atoms with Crippen LogP contribution >= 0.6 is 0 Å². The van der Waals surface area contributed by atoms with Gasteiger partial charge in [0.1, 0.15) is 0 Å². The number of amides is 1. The molecule has 1 amide bonds. The Morgan fingerprint density at radius 1 is 1.83 bits per heavy atom. The van der Waals surface area contributed by atoms with Crippen molar-refractivity contribution in [2.24, 2.45) is 11.3 Å². The number of carbonyl (C=O) groups excluding carboxylic acids is 1. The van der Waals surface area contributed by atoms with E-state index in [9.17, 15) is 4.79 Å². The molecule has 0 saturated carbocycles.